The van der Waals surface area contributed by atoms with E-state index >= 15 is 0 Å². The quantitative estimate of drug-likeness (QED) is 0.482. The van der Waals surface area contributed by atoms with Gasteiger partial charge in [-0.2, -0.15) is 0 Å². The Morgan fingerprint density at radius 1 is 1.09 bits per heavy atom. The first-order chi connectivity index (χ1) is 16.3. The fraction of sp³-hybridized carbons (Fsp3) is 0.500. The van der Waals surface area contributed by atoms with Gasteiger partial charge in [-0.15, -0.1) is 0 Å². The monoisotopic (exact) mass is 484 g/mol. The molecule has 0 bridgehead atoms. The van der Waals surface area contributed by atoms with Gasteiger partial charge in [0, 0.05) is 17.6 Å². The number of benzene rings is 2. The first-order valence-electron chi connectivity index (χ1n) is 12.3. The van der Waals surface area contributed by atoms with E-state index < -0.39 is 6.04 Å². The number of hydrogen-bond acceptors (Lipinski definition) is 3. The average molecular weight is 485 g/mol. The van der Waals surface area contributed by atoms with Gasteiger partial charge in [-0.1, -0.05) is 67.6 Å². The Morgan fingerprint density at radius 2 is 1.76 bits per heavy atom. The molecule has 0 saturated heterocycles. The molecule has 1 aliphatic rings. The van der Waals surface area contributed by atoms with Gasteiger partial charge in [0.1, 0.15) is 11.8 Å². The molecular formula is C28H37ClN2O3. The summed E-state index contributed by atoms with van der Waals surface area (Å²) in [5.74, 6) is 0.314. The Kier molecular flexibility index (Phi) is 9.40. The number of halogens is 1. The summed E-state index contributed by atoms with van der Waals surface area (Å²) in [6.45, 7) is 8.03. The lowest BCUT2D eigenvalue weighted by Crippen LogP contribution is -2.52. The van der Waals surface area contributed by atoms with Gasteiger partial charge in [0.15, 0.2) is 6.61 Å². The van der Waals surface area contributed by atoms with Gasteiger partial charge in [0.05, 0.1) is 0 Å². The summed E-state index contributed by atoms with van der Waals surface area (Å²) in [5.41, 5.74) is 3.92. The van der Waals surface area contributed by atoms with E-state index in [0.717, 1.165) is 47.9 Å². The molecule has 5 nitrogen and oxygen atoms in total. The minimum atomic E-state index is -0.549. The summed E-state index contributed by atoms with van der Waals surface area (Å²) in [6.07, 6.45) is 6.06. The van der Waals surface area contributed by atoms with Gasteiger partial charge in [-0.3, -0.25) is 9.59 Å². The lowest BCUT2D eigenvalue weighted by atomic mass is 9.95. The second-order valence-electron chi connectivity index (χ2n) is 9.44. The van der Waals surface area contributed by atoms with Crippen LogP contribution in [-0.2, 0) is 16.1 Å². The SMILES string of the molecule is CC[C@H](C(=O)NC1CCCCC1)N(Cc1cccc(C)c1)C(=O)COc1cc(C)c(Cl)c(C)c1. The number of ether oxygens (including phenoxy) is 1. The molecule has 2 aromatic rings. The first-order valence-corrected chi connectivity index (χ1v) is 12.7. The van der Waals surface area contributed by atoms with E-state index in [9.17, 15) is 9.59 Å². The average Bonchev–Trinajstić information content (AvgIpc) is 2.81. The lowest BCUT2D eigenvalue weighted by molar-refractivity contribution is -0.143. The van der Waals surface area contributed by atoms with Crippen LogP contribution in [0.2, 0.25) is 5.02 Å². The smallest absolute Gasteiger partial charge is 0.261 e. The molecule has 2 amide bonds. The van der Waals surface area contributed by atoms with E-state index in [4.69, 9.17) is 16.3 Å². The highest BCUT2D eigenvalue weighted by atomic mass is 35.5. The first kappa shape index (κ1) is 26.1. The van der Waals surface area contributed by atoms with E-state index in [1.165, 1.54) is 6.42 Å². The predicted molar refractivity (Wildman–Crippen MR) is 137 cm³/mol. The minimum Gasteiger partial charge on any atom is -0.484 e. The van der Waals surface area contributed by atoms with Gasteiger partial charge in [0.25, 0.3) is 5.91 Å². The molecule has 0 unspecified atom stereocenters. The standard InChI is InChI=1S/C28H37ClN2O3/c1-5-25(28(33)30-23-12-7-6-8-13-23)31(17-22-11-9-10-19(2)14-22)26(32)18-34-24-15-20(3)27(29)21(4)16-24/h9-11,14-16,23,25H,5-8,12-13,17-18H2,1-4H3,(H,30,33)/t25-/m1/s1. The Morgan fingerprint density at radius 3 is 2.38 bits per heavy atom. The van der Waals surface area contributed by atoms with Crippen LogP contribution in [0, 0.1) is 20.8 Å². The minimum absolute atomic E-state index is 0.0754. The van der Waals surface area contributed by atoms with Crippen molar-refractivity contribution >= 4 is 23.4 Å². The third-order valence-corrected chi connectivity index (χ3v) is 7.14. The zero-order chi connectivity index (χ0) is 24.7. The van der Waals surface area contributed by atoms with Gasteiger partial charge >= 0.3 is 0 Å². The Balaban J connectivity index is 1.78. The molecule has 1 saturated carbocycles. The van der Waals surface area contributed by atoms with Gasteiger partial charge in [0.2, 0.25) is 5.91 Å². The summed E-state index contributed by atoms with van der Waals surface area (Å²) in [5, 5.41) is 3.91. The largest absolute Gasteiger partial charge is 0.484 e. The van der Waals surface area contributed by atoms with Crippen LogP contribution < -0.4 is 10.1 Å². The van der Waals surface area contributed by atoms with Crippen LogP contribution in [0.4, 0.5) is 0 Å². The van der Waals surface area contributed by atoms with E-state index in [1.54, 1.807) is 4.90 Å². The van der Waals surface area contributed by atoms with Crippen LogP contribution in [0.25, 0.3) is 0 Å². The van der Waals surface area contributed by atoms with Crippen molar-refractivity contribution in [1.29, 1.82) is 0 Å². The van der Waals surface area contributed by atoms with E-state index in [-0.39, 0.29) is 24.5 Å². The Labute approximate surface area is 208 Å². The number of nitrogens with zero attached hydrogens (tertiary/aromatic N) is 1. The third kappa shape index (κ3) is 6.99. The second kappa shape index (κ2) is 12.3. The highest BCUT2D eigenvalue weighted by Crippen LogP contribution is 2.26. The van der Waals surface area contributed by atoms with Crippen LogP contribution >= 0.6 is 11.6 Å². The summed E-state index contributed by atoms with van der Waals surface area (Å²) >= 11 is 6.27. The number of nitrogens with one attached hydrogen (secondary N) is 1. The fourth-order valence-electron chi connectivity index (χ4n) is 4.69. The van der Waals surface area contributed by atoms with Crippen molar-refractivity contribution in [3.63, 3.8) is 0 Å². The third-order valence-electron chi connectivity index (χ3n) is 6.55. The van der Waals surface area contributed by atoms with Crippen molar-refractivity contribution in [3.8, 4) is 5.75 Å². The fourth-order valence-corrected chi connectivity index (χ4v) is 4.80. The molecular weight excluding hydrogens is 448 g/mol. The molecule has 0 spiro atoms. The predicted octanol–water partition coefficient (Wildman–Crippen LogP) is 5.90. The molecule has 3 rings (SSSR count). The second-order valence-corrected chi connectivity index (χ2v) is 9.82. The molecule has 0 radical (unpaired) electrons. The number of rotatable bonds is 9. The van der Waals surface area contributed by atoms with E-state index in [0.29, 0.717) is 23.7 Å². The summed E-state index contributed by atoms with van der Waals surface area (Å²) < 4.78 is 5.87. The van der Waals surface area contributed by atoms with Crippen molar-refractivity contribution in [2.24, 2.45) is 0 Å². The van der Waals surface area contributed by atoms with E-state index in [2.05, 4.69) is 11.4 Å². The van der Waals surface area contributed by atoms with Crippen molar-refractivity contribution in [2.45, 2.75) is 84.8 Å². The summed E-state index contributed by atoms with van der Waals surface area (Å²) in [6, 6.07) is 11.4. The normalized spacial score (nSPS) is 15.0. The van der Waals surface area contributed by atoms with Crippen LogP contribution in [0.3, 0.4) is 0 Å². The number of carbonyl (C=O) groups is 2. The van der Waals surface area contributed by atoms with Crippen molar-refractivity contribution in [3.05, 3.63) is 63.7 Å². The number of hydrogen-bond donors (Lipinski definition) is 1. The van der Waals surface area contributed by atoms with Crippen LogP contribution in [0.5, 0.6) is 5.75 Å². The van der Waals surface area contributed by atoms with Crippen LogP contribution in [0.15, 0.2) is 36.4 Å². The molecule has 0 heterocycles. The number of carbonyl (C=O) groups excluding carboxylic acids is 2. The van der Waals surface area contributed by atoms with Crippen molar-refractivity contribution in [2.75, 3.05) is 6.61 Å². The van der Waals surface area contributed by atoms with Crippen molar-refractivity contribution in [1.82, 2.24) is 10.2 Å². The summed E-state index contributed by atoms with van der Waals surface area (Å²) in [4.78, 5) is 28.4. The van der Waals surface area contributed by atoms with Gasteiger partial charge < -0.3 is 15.0 Å². The van der Waals surface area contributed by atoms with Gasteiger partial charge in [-0.05, 0) is 68.9 Å². The highest BCUT2D eigenvalue weighted by Gasteiger charge is 2.30. The van der Waals surface area contributed by atoms with Crippen LogP contribution in [-0.4, -0.2) is 35.4 Å². The molecule has 2 aromatic carbocycles. The molecule has 1 atom stereocenters. The molecule has 1 fully saturated rings. The maximum absolute atomic E-state index is 13.4. The molecule has 34 heavy (non-hydrogen) atoms. The lowest BCUT2D eigenvalue weighted by Gasteiger charge is -2.32. The zero-order valence-electron chi connectivity index (χ0n) is 20.8. The summed E-state index contributed by atoms with van der Waals surface area (Å²) in [7, 11) is 0. The van der Waals surface area contributed by atoms with Crippen LogP contribution in [0.1, 0.15) is 67.7 Å². The number of amides is 2. The maximum Gasteiger partial charge on any atom is 0.261 e. The molecule has 1 N–H and O–H groups in total. The van der Waals surface area contributed by atoms with Gasteiger partial charge in [-0.25, -0.2) is 0 Å². The van der Waals surface area contributed by atoms with E-state index in [1.807, 2.05) is 58.0 Å². The van der Waals surface area contributed by atoms with Crippen molar-refractivity contribution < 1.29 is 14.3 Å². The molecule has 1 aliphatic carbocycles. The Hall–Kier alpha value is -2.53. The zero-order valence-corrected chi connectivity index (χ0v) is 21.6. The number of aryl methyl sites for hydroxylation is 3. The molecule has 0 aliphatic heterocycles. The molecule has 0 aromatic heterocycles. The molecule has 184 valence electrons. The topological polar surface area (TPSA) is 58.6 Å². The maximum atomic E-state index is 13.4. The Bertz CT molecular complexity index is 978. The molecule has 6 heteroatoms. The highest BCUT2D eigenvalue weighted by molar-refractivity contribution is 6.32.